The number of nitrogens with one attached hydrogen (secondary N) is 2. The minimum absolute atomic E-state index is 0.222. The molecule has 0 aromatic heterocycles. The number of urea groups is 1. The largest absolute Gasteiger partial charge is 0.497 e. The monoisotopic (exact) mass is 222 g/mol. The lowest BCUT2D eigenvalue weighted by atomic mass is 10.1. The molecule has 0 radical (unpaired) electrons. The van der Waals surface area contributed by atoms with Crippen LogP contribution in [-0.2, 0) is 0 Å². The lowest BCUT2D eigenvalue weighted by molar-refractivity contribution is 0.244. The molecule has 0 unspecified atom stereocenters. The van der Waals surface area contributed by atoms with Crippen molar-refractivity contribution in [1.29, 1.82) is 0 Å². The first-order valence-corrected chi connectivity index (χ1v) is 5.14. The summed E-state index contributed by atoms with van der Waals surface area (Å²) >= 11 is 0. The predicted molar refractivity (Wildman–Crippen MR) is 64.9 cm³/mol. The Morgan fingerprint density at radius 3 is 2.56 bits per heavy atom. The molecule has 0 heterocycles. The van der Waals surface area contributed by atoms with Gasteiger partial charge in [0.1, 0.15) is 5.75 Å². The number of carbonyl (C=O) groups excluding carboxylic acids is 1. The second-order valence-electron chi connectivity index (χ2n) is 4.56. The Bertz CT molecular complexity index is 370. The Balaban J connectivity index is 2.62. The topological polar surface area (TPSA) is 50.4 Å². The number of benzene rings is 1. The van der Waals surface area contributed by atoms with E-state index in [1.807, 2.05) is 39.0 Å². The molecular weight excluding hydrogens is 204 g/mol. The summed E-state index contributed by atoms with van der Waals surface area (Å²) in [5, 5.41) is 5.56. The van der Waals surface area contributed by atoms with Gasteiger partial charge in [0.2, 0.25) is 0 Å². The zero-order chi connectivity index (χ0) is 12.2. The maximum Gasteiger partial charge on any atom is 0.319 e. The zero-order valence-corrected chi connectivity index (χ0v) is 10.1. The predicted octanol–water partition coefficient (Wildman–Crippen LogP) is 2.62. The number of hydrogen-bond acceptors (Lipinski definition) is 2. The molecule has 0 aliphatic rings. The lowest BCUT2D eigenvalue weighted by Gasteiger charge is -2.20. The van der Waals surface area contributed by atoms with Gasteiger partial charge < -0.3 is 15.4 Å². The highest BCUT2D eigenvalue weighted by molar-refractivity contribution is 5.89. The molecule has 0 saturated carbocycles. The van der Waals surface area contributed by atoms with Crippen LogP contribution in [0, 0.1) is 0 Å². The van der Waals surface area contributed by atoms with E-state index in [1.165, 1.54) is 0 Å². The van der Waals surface area contributed by atoms with E-state index < -0.39 is 0 Å². The van der Waals surface area contributed by atoms with E-state index >= 15 is 0 Å². The van der Waals surface area contributed by atoms with Crippen molar-refractivity contribution in [2.24, 2.45) is 0 Å². The normalized spacial score (nSPS) is 10.8. The van der Waals surface area contributed by atoms with Crippen LogP contribution in [0.1, 0.15) is 20.8 Å². The molecule has 4 heteroatoms. The Hall–Kier alpha value is -1.71. The number of methoxy groups -OCH3 is 1. The van der Waals surface area contributed by atoms with E-state index in [9.17, 15) is 4.79 Å². The highest BCUT2D eigenvalue weighted by atomic mass is 16.5. The molecular formula is C12H18N2O2. The van der Waals surface area contributed by atoms with Crippen LogP contribution in [0.25, 0.3) is 0 Å². The second-order valence-corrected chi connectivity index (χ2v) is 4.56. The molecule has 16 heavy (non-hydrogen) atoms. The standard InChI is InChI=1S/C12H18N2O2/c1-12(2,3)14-11(15)13-9-6-5-7-10(8-9)16-4/h5-8H,1-4H3,(H2,13,14,15). The van der Waals surface area contributed by atoms with Gasteiger partial charge in [0.15, 0.2) is 0 Å². The third-order valence-corrected chi connectivity index (χ3v) is 1.82. The number of carbonyl (C=O) groups is 1. The van der Waals surface area contributed by atoms with Crippen LogP contribution in [0.5, 0.6) is 5.75 Å². The van der Waals surface area contributed by atoms with Gasteiger partial charge in [-0.05, 0) is 32.9 Å². The molecule has 4 nitrogen and oxygen atoms in total. The van der Waals surface area contributed by atoms with Gasteiger partial charge in [0.25, 0.3) is 0 Å². The smallest absolute Gasteiger partial charge is 0.319 e. The van der Waals surface area contributed by atoms with Crippen molar-refractivity contribution >= 4 is 11.7 Å². The Morgan fingerprint density at radius 1 is 1.31 bits per heavy atom. The number of anilines is 1. The van der Waals surface area contributed by atoms with Gasteiger partial charge in [-0.2, -0.15) is 0 Å². The average molecular weight is 222 g/mol. The summed E-state index contributed by atoms with van der Waals surface area (Å²) in [6, 6.07) is 7.01. The molecule has 1 rings (SSSR count). The fraction of sp³-hybridized carbons (Fsp3) is 0.417. The highest BCUT2D eigenvalue weighted by Crippen LogP contribution is 2.16. The first-order chi connectivity index (χ1) is 7.40. The quantitative estimate of drug-likeness (QED) is 0.808. The summed E-state index contributed by atoms with van der Waals surface area (Å²) in [7, 11) is 1.59. The van der Waals surface area contributed by atoms with Crippen LogP contribution >= 0.6 is 0 Å². The maximum atomic E-state index is 11.6. The van der Waals surface area contributed by atoms with Gasteiger partial charge in [-0.25, -0.2) is 4.79 Å². The van der Waals surface area contributed by atoms with E-state index in [-0.39, 0.29) is 11.6 Å². The summed E-state index contributed by atoms with van der Waals surface area (Å²) in [6.45, 7) is 5.79. The first-order valence-electron chi connectivity index (χ1n) is 5.14. The number of ether oxygens (including phenoxy) is 1. The lowest BCUT2D eigenvalue weighted by Crippen LogP contribution is -2.43. The van der Waals surface area contributed by atoms with Crippen LogP contribution in [0.15, 0.2) is 24.3 Å². The number of hydrogen-bond donors (Lipinski definition) is 2. The molecule has 0 atom stereocenters. The van der Waals surface area contributed by atoms with Crippen molar-refractivity contribution in [2.45, 2.75) is 26.3 Å². The summed E-state index contributed by atoms with van der Waals surface area (Å²) in [6.07, 6.45) is 0. The van der Waals surface area contributed by atoms with Crippen molar-refractivity contribution in [2.75, 3.05) is 12.4 Å². The van der Waals surface area contributed by atoms with Gasteiger partial charge in [-0.15, -0.1) is 0 Å². The zero-order valence-electron chi connectivity index (χ0n) is 10.1. The average Bonchev–Trinajstić information content (AvgIpc) is 2.15. The highest BCUT2D eigenvalue weighted by Gasteiger charge is 2.13. The third-order valence-electron chi connectivity index (χ3n) is 1.82. The molecule has 0 aliphatic carbocycles. The first kappa shape index (κ1) is 12.4. The maximum absolute atomic E-state index is 11.6. The summed E-state index contributed by atoms with van der Waals surface area (Å²) in [5.74, 6) is 0.716. The van der Waals surface area contributed by atoms with Gasteiger partial charge in [0, 0.05) is 17.3 Å². The van der Waals surface area contributed by atoms with Crippen molar-refractivity contribution in [3.63, 3.8) is 0 Å². The minimum Gasteiger partial charge on any atom is -0.497 e. The molecule has 0 fully saturated rings. The number of amides is 2. The van der Waals surface area contributed by atoms with E-state index in [0.717, 1.165) is 0 Å². The van der Waals surface area contributed by atoms with Crippen molar-refractivity contribution in [3.8, 4) is 5.75 Å². The van der Waals surface area contributed by atoms with Gasteiger partial charge in [-0.3, -0.25) is 0 Å². The van der Waals surface area contributed by atoms with E-state index in [1.54, 1.807) is 13.2 Å². The Labute approximate surface area is 96.0 Å². The van der Waals surface area contributed by atoms with Gasteiger partial charge in [-0.1, -0.05) is 6.07 Å². The molecule has 0 saturated heterocycles. The van der Waals surface area contributed by atoms with Gasteiger partial charge >= 0.3 is 6.03 Å². The molecule has 1 aromatic rings. The fourth-order valence-corrected chi connectivity index (χ4v) is 1.20. The fourth-order valence-electron chi connectivity index (χ4n) is 1.20. The van der Waals surface area contributed by atoms with E-state index in [2.05, 4.69) is 10.6 Å². The van der Waals surface area contributed by atoms with E-state index in [0.29, 0.717) is 11.4 Å². The van der Waals surface area contributed by atoms with Crippen LogP contribution in [-0.4, -0.2) is 18.7 Å². The SMILES string of the molecule is COc1cccc(NC(=O)NC(C)(C)C)c1. The molecule has 0 spiro atoms. The number of rotatable bonds is 2. The molecule has 0 aliphatic heterocycles. The Morgan fingerprint density at radius 2 is 2.00 bits per heavy atom. The van der Waals surface area contributed by atoms with Crippen LogP contribution in [0.2, 0.25) is 0 Å². The van der Waals surface area contributed by atoms with Gasteiger partial charge in [0.05, 0.1) is 7.11 Å². The molecule has 0 bridgehead atoms. The summed E-state index contributed by atoms with van der Waals surface area (Å²) in [4.78, 5) is 11.6. The minimum atomic E-state index is -0.247. The van der Waals surface area contributed by atoms with E-state index in [4.69, 9.17) is 4.74 Å². The molecule has 2 N–H and O–H groups in total. The molecule has 1 aromatic carbocycles. The van der Waals surface area contributed by atoms with Crippen LogP contribution < -0.4 is 15.4 Å². The van der Waals surface area contributed by atoms with Crippen LogP contribution in [0.4, 0.5) is 10.5 Å². The second kappa shape index (κ2) is 4.88. The Kier molecular flexibility index (Phi) is 3.77. The van der Waals surface area contributed by atoms with Crippen LogP contribution in [0.3, 0.4) is 0 Å². The summed E-state index contributed by atoms with van der Waals surface area (Å²) < 4.78 is 5.07. The van der Waals surface area contributed by atoms with Crippen molar-refractivity contribution < 1.29 is 9.53 Å². The molecule has 2 amide bonds. The van der Waals surface area contributed by atoms with Crippen molar-refractivity contribution in [3.05, 3.63) is 24.3 Å². The summed E-state index contributed by atoms with van der Waals surface area (Å²) in [5.41, 5.74) is 0.462. The third kappa shape index (κ3) is 4.21. The molecule has 88 valence electrons. The van der Waals surface area contributed by atoms with Crippen molar-refractivity contribution in [1.82, 2.24) is 5.32 Å².